The molecule has 1 aromatic rings. The van der Waals surface area contributed by atoms with Gasteiger partial charge in [0.15, 0.2) is 0 Å². The van der Waals surface area contributed by atoms with Crippen molar-refractivity contribution in [3.05, 3.63) is 30.3 Å². The van der Waals surface area contributed by atoms with Crippen molar-refractivity contribution >= 4 is 23.4 Å². The zero-order chi connectivity index (χ0) is 16.4. The zero-order valence-electron chi connectivity index (χ0n) is 13.2. The zero-order valence-corrected chi connectivity index (χ0v) is 13.2. The minimum Gasteiger partial charge on any atom is -0.339 e. The van der Waals surface area contributed by atoms with Crippen molar-refractivity contribution in [1.82, 2.24) is 9.80 Å². The Kier molecular flexibility index (Phi) is 4.32. The first kappa shape index (κ1) is 15.5. The van der Waals surface area contributed by atoms with E-state index < -0.39 is 0 Å². The van der Waals surface area contributed by atoms with Gasteiger partial charge in [-0.25, -0.2) is 0 Å². The van der Waals surface area contributed by atoms with Gasteiger partial charge in [-0.05, 0) is 18.6 Å². The minimum atomic E-state index is -0.228. The molecule has 6 heteroatoms. The highest BCUT2D eigenvalue weighted by atomic mass is 16.2. The fourth-order valence-corrected chi connectivity index (χ4v) is 2.99. The van der Waals surface area contributed by atoms with E-state index in [9.17, 15) is 14.4 Å². The Hall–Kier alpha value is -2.37. The number of carbonyl (C=O) groups excluding carboxylic acids is 3. The third-order valence-corrected chi connectivity index (χ3v) is 4.52. The molecule has 6 nitrogen and oxygen atoms in total. The van der Waals surface area contributed by atoms with Gasteiger partial charge in [0.05, 0.1) is 11.8 Å². The summed E-state index contributed by atoms with van der Waals surface area (Å²) < 4.78 is 0. The van der Waals surface area contributed by atoms with E-state index in [-0.39, 0.29) is 29.6 Å². The summed E-state index contributed by atoms with van der Waals surface area (Å²) in [5.41, 5.74) is 0.755. The van der Waals surface area contributed by atoms with Gasteiger partial charge in [0, 0.05) is 38.8 Å². The van der Waals surface area contributed by atoms with E-state index in [4.69, 9.17) is 0 Å². The van der Waals surface area contributed by atoms with E-state index in [1.54, 1.807) is 16.7 Å². The van der Waals surface area contributed by atoms with Crippen molar-refractivity contribution in [2.75, 3.05) is 31.5 Å². The Labute approximate surface area is 135 Å². The first-order valence-electron chi connectivity index (χ1n) is 7.96. The molecule has 1 heterocycles. The average molecular weight is 315 g/mol. The number of amides is 3. The number of carbonyl (C=O) groups is 3. The fraction of sp³-hybridized carbons (Fsp3) is 0.471. The van der Waals surface area contributed by atoms with Crippen LogP contribution in [-0.4, -0.2) is 53.7 Å². The molecule has 1 saturated carbocycles. The molecule has 2 atom stereocenters. The monoisotopic (exact) mass is 315 g/mol. The maximum Gasteiger partial charge on any atom is 0.228 e. The number of piperazine rings is 1. The molecule has 2 fully saturated rings. The minimum absolute atomic E-state index is 0.0430. The number of nitrogens with zero attached hydrogens (tertiary/aromatic N) is 2. The Morgan fingerprint density at radius 3 is 2.17 bits per heavy atom. The van der Waals surface area contributed by atoms with Crippen LogP contribution >= 0.6 is 0 Å². The van der Waals surface area contributed by atoms with Crippen molar-refractivity contribution in [1.29, 1.82) is 0 Å². The Bertz CT molecular complexity index is 609. The molecule has 0 aromatic heterocycles. The van der Waals surface area contributed by atoms with Crippen molar-refractivity contribution in [2.24, 2.45) is 11.8 Å². The summed E-state index contributed by atoms with van der Waals surface area (Å²) in [4.78, 5) is 39.5. The predicted molar refractivity (Wildman–Crippen MR) is 85.5 cm³/mol. The Balaban J connectivity index is 1.49. The van der Waals surface area contributed by atoms with Crippen molar-refractivity contribution in [3.8, 4) is 0 Å². The summed E-state index contributed by atoms with van der Waals surface area (Å²) in [6.07, 6.45) is 0.615. The number of hydrogen-bond acceptors (Lipinski definition) is 3. The first-order valence-corrected chi connectivity index (χ1v) is 7.96. The molecule has 2 aliphatic rings. The van der Waals surface area contributed by atoms with Crippen LogP contribution in [0.3, 0.4) is 0 Å². The quantitative estimate of drug-likeness (QED) is 0.903. The van der Waals surface area contributed by atoms with Gasteiger partial charge in [0.25, 0.3) is 0 Å². The lowest BCUT2D eigenvalue weighted by atomic mass is 10.2. The summed E-state index contributed by atoms with van der Waals surface area (Å²) in [7, 11) is 0. The lowest BCUT2D eigenvalue weighted by molar-refractivity contribution is -0.139. The average Bonchev–Trinajstić information content (AvgIpc) is 3.36. The molecule has 122 valence electrons. The Morgan fingerprint density at radius 2 is 1.57 bits per heavy atom. The second kappa shape index (κ2) is 6.40. The Morgan fingerprint density at radius 1 is 0.957 bits per heavy atom. The fourth-order valence-electron chi connectivity index (χ4n) is 2.99. The van der Waals surface area contributed by atoms with E-state index in [0.29, 0.717) is 32.6 Å². The number of anilines is 1. The molecule has 0 bridgehead atoms. The van der Waals surface area contributed by atoms with Crippen molar-refractivity contribution < 1.29 is 14.4 Å². The van der Waals surface area contributed by atoms with Crippen LogP contribution < -0.4 is 5.32 Å². The van der Waals surface area contributed by atoms with Gasteiger partial charge in [-0.2, -0.15) is 0 Å². The molecule has 1 N–H and O–H groups in total. The van der Waals surface area contributed by atoms with Crippen LogP contribution in [0.4, 0.5) is 5.69 Å². The van der Waals surface area contributed by atoms with Gasteiger partial charge >= 0.3 is 0 Å². The van der Waals surface area contributed by atoms with Gasteiger partial charge in [0.1, 0.15) is 0 Å². The normalized spacial score (nSPS) is 23.3. The van der Waals surface area contributed by atoms with Gasteiger partial charge in [-0.15, -0.1) is 0 Å². The van der Waals surface area contributed by atoms with Crippen LogP contribution in [0.2, 0.25) is 0 Å². The van der Waals surface area contributed by atoms with Gasteiger partial charge in [-0.1, -0.05) is 18.2 Å². The van der Waals surface area contributed by atoms with Crippen LogP contribution in [-0.2, 0) is 14.4 Å². The number of hydrogen-bond donors (Lipinski definition) is 1. The molecule has 23 heavy (non-hydrogen) atoms. The summed E-state index contributed by atoms with van der Waals surface area (Å²) in [6, 6.07) is 9.27. The lowest BCUT2D eigenvalue weighted by Crippen LogP contribution is -2.50. The number of rotatable bonds is 3. The molecule has 0 radical (unpaired) electrons. The van der Waals surface area contributed by atoms with E-state index in [1.807, 2.05) is 30.3 Å². The van der Waals surface area contributed by atoms with Crippen molar-refractivity contribution in [3.63, 3.8) is 0 Å². The summed E-state index contributed by atoms with van der Waals surface area (Å²) in [6.45, 7) is 3.82. The number of para-hydroxylation sites is 1. The molecular weight excluding hydrogens is 294 g/mol. The number of nitrogens with one attached hydrogen (secondary N) is 1. The summed E-state index contributed by atoms with van der Waals surface area (Å²) in [5.74, 6) is -0.432. The topological polar surface area (TPSA) is 69.7 Å². The SMILES string of the molecule is CC(=O)N1CCN(C(=O)C2CC2C(=O)Nc2ccccc2)CC1. The van der Waals surface area contributed by atoms with Gasteiger partial charge < -0.3 is 15.1 Å². The third-order valence-electron chi connectivity index (χ3n) is 4.52. The smallest absolute Gasteiger partial charge is 0.228 e. The van der Waals surface area contributed by atoms with Crippen LogP contribution in [0.1, 0.15) is 13.3 Å². The predicted octanol–water partition coefficient (Wildman–Crippen LogP) is 0.952. The highest BCUT2D eigenvalue weighted by molar-refractivity contribution is 5.99. The molecule has 3 amide bonds. The maximum absolute atomic E-state index is 12.4. The van der Waals surface area contributed by atoms with Crippen molar-refractivity contribution in [2.45, 2.75) is 13.3 Å². The van der Waals surface area contributed by atoms with E-state index in [0.717, 1.165) is 5.69 Å². The largest absolute Gasteiger partial charge is 0.339 e. The number of benzene rings is 1. The molecule has 1 aliphatic heterocycles. The van der Waals surface area contributed by atoms with Crippen LogP contribution in [0.25, 0.3) is 0 Å². The maximum atomic E-state index is 12.4. The first-order chi connectivity index (χ1) is 11.1. The molecule has 0 spiro atoms. The second-order valence-corrected chi connectivity index (χ2v) is 6.14. The van der Waals surface area contributed by atoms with Gasteiger partial charge in [0.2, 0.25) is 17.7 Å². The van der Waals surface area contributed by atoms with Crippen LogP contribution in [0, 0.1) is 11.8 Å². The van der Waals surface area contributed by atoms with E-state index in [1.165, 1.54) is 0 Å². The molecule has 1 aromatic carbocycles. The standard InChI is InChI=1S/C17H21N3O3/c1-12(21)19-7-9-20(10-8-19)17(23)15-11-14(15)16(22)18-13-5-3-2-4-6-13/h2-6,14-15H,7-11H2,1H3,(H,18,22). The van der Waals surface area contributed by atoms with Gasteiger partial charge in [-0.3, -0.25) is 14.4 Å². The van der Waals surface area contributed by atoms with E-state index in [2.05, 4.69) is 5.32 Å². The third kappa shape index (κ3) is 3.52. The molecule has 1 saturated heterocycles. The van der Waals surface area contributed by atoms with Crippen LogP contribution in [0.15, 0.2) is 30.3 Å². The molecule has 3 rings (SSSR count). The summed E-state index contributed by atoms with van der Waals surface area (Å²) >= 11 is 0. The molecular formula is C17H21N3O3. The van der Waals surface area contributed by atoms with E-state index >= 15 is 0 Å². The highest BCUT2D eigenvalue weighted by Gasteiger charge is 2.49. The second-order valence-electron chi connectivity index (χ2n) is 6.14. The summed E-state index contributed by atoms with van der Waals surface area (Å²) in [5, 5.41) is 2.85. The highest BCUT2D eigenvalue weighted by Crippen LogP contribution is 2.41. The molecule has 1 aliphatic carbocycles. The lowest BCUT2D eigenvalue weighted by Gasteiger charge is -2.34. The molecule has 2 unspecified atom stereocenters. The van der Waals surface area contributed by atoms with Crippen LogP contribution in [0.5, 0.6) is 0 Å².